The van der Waals surface area contributed by atoms with Crippen LogP contribution in [0.15, 0.2) is 0 Å². The first-order valence-electron chi connectivity index (χ1n) is 5.63. The Balaban J connectivity index is 1.82. The predicted molar refractivity (Wildman–Crippen MR) is 54.1 cm³/mol. The molecule has 0 aromatic rings. The molecule has 1 unspecified atom stereocenters. The molecule has 2 rings (SSSR count). The molecule has 1 saturated carbocycles. The highest BCUT2D eigenvalue weighted by Gasteiger charge is 2.34. The third kappa shape index (κ3) is 1.92. The highest BCUT2D eigenvalue weighted by Crippen LogP contribution is 2.35. The zero-order valence-corrected chi connectivity index (χ0v) is 8.78. The Morgan fingerprint density at radius 3 is 2.79 bits per heavy atom. The number of carboxylic acids is 1. The number of carboxylic acid groups (broad SMARTS) is 1. The van der Waals surface area contributed by atoms with Crippen molar-refractivity contribution >= 4 is 5.97 Å². The van der Waals surface area contributed by atoms with Crippen LogP contribution < -0.4 is 0 Å². The molecule has 1 aliphatic carbocycles. The van der Waals surface area contributed by atoms with E-state index in [4.69, 9.17) is 5.11 Å². The van der Waals surface area contributed by atoms with Crippen LogP contribution in [0.1, 0.15) is 32.6 Å². The van der Waals surface area contributed by atoms with Crippen LogP contribution in [0.3, 0.4) is 0 Å². The van der Waals surface area contributed by atoms with Gasteiger partial charge >= 0.3 is 5.97 Å². The fourth-order valence-corrected chi connectivity index (χ4v) is 2.87. The van der Waals surface area contributed by atoms with E-state index < -0.39 is 5.97 Å². The van der Waals surface area contributed by atoms with E-state index >= 15 is 0 Å². The van der Waals surface area contributed by atoms with Crippen LogP contribution in [0.25, 0.3) is 0 Å². The van der Waals surface area contributed by atoms with E-state index in [1.807, 2.05) is 0 Å². The van der Waals surface area contributed by atoms with E-state index in [-0.39, 0.29) is 6.04 Å². The van der Waals surface area contributed by atoms with E-state index in [9.17, 15) is 4.79 Å². The van der Waals surface area contributed by atoms with Crippen molar-refractivity contribution in [1.29, 1.82) is 0 Å². The Bertz CT molecular complexity index is 223. The second kappa shape index (κ2) is 3.89. The molecule has 1 N–H and O–H groups in total. The maximum atomic E-state index is 10.9. The summed E-state index contributed by atoms with van der Waals surface area (Å²) in [4.78, 5) is 13.1. The van der Waals surface area contributed by atoms with Gasteiger partial charge in [0, 0.05) is 6.54 Å². The standard InChI is InChI=1S/C11H19NO2/c1-8-5-9(6-8)7-12-4-2-3-10(12)11(13)14/h8-10H,2-7H2,1H3,(H,13,14). The second-order valence-electron chi connectivity index (χ2n) is 4.93. The minimum Gasteiger partial charge on any atom is -0.480 e. The lowest BCUT2D eigenvalue weighted by Crippen LogP contribution is -2.41. The number of nitrogens with zero attached hydrogens (tertiary/aromatic N) is 1. The molecule has 14 heavy (non-hydrogen) atoms. The fraction of sp³-hybridized carbons (Fsp3) is 0.909. The molecule has 0 amide bonds. The molecule has 0 spiro atoms. The predicted octanol–water partition coefficient (Wildman–Crippen LogP) is 1.58. The lowest BCUT2D eigenvalue weighted by atomic mass is 9.76. The molecular formula is C11H19NO2. The minimum atomic E-state index is -0.630. The molecule has 1 aliphatic heterocycles. The largest absolute Gasteiger partial charge is 0.480 e. The van der Waals surface area contributed by atoms with Crippen LogP contribution in [-0.2, 0) is 4.79 Å². The van der Waals surface area contributed by atoms with E-state index in [0.717, 1.165) is 37.8 Å². The number of likely N-dealkylation sites (tertiary alicyclic amines) is 1. The lowest BCUT2D eigenvalue weighted by Gasteiger charge is -2.36. The third-order valence-electron chi connectivity index (χ3n) is 3.61. The van der Waals surface area contributed by atoms with Gasteiger partial charge in [0.2, 0.25) is 0 Å². The van der Waals surface area contributed by atoms with Crippen molar-refractivity contribution in [2.75, 3.05) is 13.1 Å². The molecule has 0 bridgehead atoms. The van der Waals surface area contributed by atoms with Gasteiger partial charge in [-0.25, -0.2) is 0 Å². The van der Waals surface area contributed by atoms with Crippen molar-refractivity contribution in [3.63, 3.8) is 0 Å². The maximum absolute atomic E-state index is 10.9. The van der Waals surface area contributed by atoms with Gasteiger partial charge in [0.05, 0.1) is 0 Å². The summed E-state index contributed by atoms with van der Waals surface area (Å²) in [6.07, 6.45) is 4.49. The Morgan fingerprint density at radius 2 is 2.21 bits per heavy atom. The molecule has 2 fully saturated rings. The van der Waals surface area contributed by atoms with Crippen LogP contribution in [-0.4, -0.2) is 35.1 Å². The van der Waals surface area contributed by atoms with Crippen LogP contribution >= 0.6 is 0 Å². The average Bonchev–Trinajstić information content (AvgIpc) is 2.49. The van der Waals surface area contributed by atoms with Gasteiger partial charge in [-0.05, 0) is 44.1 Å². The van der Waals surface area contributed by atoms with Crippen LogP contribution in [0, 0.1) is 11.8 Å². The molecule has 2 aliphatic rings. The minimum absolute atomic E-state index is 0.189. The number of hydrogen-bond donors (Lipinski definition) is 1. The quantitative estimate of drug-likeness (QED) is 0.746. The first-order valence-corrected chi connectivity index (χ1v) is 5.63. The summed E-state index contributed by atoms with van der Waals surface area (Å²) in [7, 11) is 0. The van der Waals surface area contributed by atoms with Gasteiger partial charge in [-0.3, -0.25) is 9.69 Å². The summed E-state index contributed by atoms with van der Waals surface area (Å²) in [5.41, 5.74) is 0. The highest BCUT2D eigenvalue weighted by atomic mass is 16.4. The van der Waals surface area contributed by atoms with Crippen LogP contribution in [0.4, 0.5) is 0 Å². The van der Waals surface area contributed by atoms with Gasteiger partial charge in [0.1, 0.15) is 6.04 Å². The molecule has 3 nitrogen and oxygen atoms in total. The van der Waals surface area contributed by atoms with Gasteiger partial charge in [-0.2, -0.15) is 0 Å². The first-order chi connectivity index (χ1) is 6.66. The van der Waals surface area contributed by atoms with Crippen molar-refractivity contribution < 1.29 is 9.90 Å². The van der Waals surface area contributed by atoms with Gasteiger partial charge in [-0.15, -0.1) is 0 Å². The van der Waals surface area contributed by atoms with Crippen molar-refractivity contribution in [3.05, 3.63) is 0 Å². The van der Waals surface area contributed by atoms with Crippen LogP contribution in [0.2, 0.25) is 0 Å². The van der Waals surface area contributed by atoms with E-state index in [2.05, 4.69) is 11.8 Å². The number of carbonyl (C=O) groups is 1. The summed E-state index contributed by atoms with van der Waals surface area (Å²) in [5, 5.41) is 9.00. The monoisotopic (exact) mass is 197 g/mol. The Labute approximate surface area is 85.1 Å². The normalized spacial score (nSPS) is 38.2. The zero-order chi connectivity index (χ0) is 10.1. The highest BCUT2D eigenvalue weighted by molar-refractivity contribution is 5.73. The summed E-state index contributed by atoms with van der Waals surface area (Å²) < 4.78 is 0. The first kappa shape index (κ1) is 9.97. The smallest absolute Gasteiger partial charge is 0.320 e. The van der Waals surface area contributed by atoms with Crippen molar-refractivity contribution in [2.45, 2.75) is 38.6 Å². The number of rotatable bonds is 3. The van der Waals surface area contributed by atoms with E-state index in [0.29, 0.717) is 0 Å². The number of aliphatic carboxylic acids is 1. The number of hydrogen-bond acceptors (Lipinski definition) is 2. The van der Waals surface area contributed by atoms with Gasteiger partial charge in [-0.1, -0.05) is 6.92 Å². The van der Waals surface area contributed by atoms with E-state index in [1.54, 1.807) is 0 Å². The maximum Gasteiger partial charge on any atom is 0.320 e. The molecular weight excluding hydrogens is 178 g/mol. The van der Waals surface area contributed by atoms with E-state index in [1.165, 1.54) is 12.8 Å². The fourth-order valence-electron chi connectivity index (χ4n) is 2.87. The molecule has 0 radical (unpaired) electrons. The summed E-state index contributed by atoms with van der Waals surface area (Å²) in [6, 6.07) is -0.189. The van der Waals surface area contributed by atoms with Gasteiger partial charge in [0.25, 0.3) is 0 Å². The van der Waals surface area contributed by atoms with Crippen molar-refractivity contribution in [1.82, 2.24) is 4.90 Å². The topological polar surface area (TPSA) is 40.5 Å². The second-order valence-corrected chi connectivity index (χ2v) is 4.93. The Morgan fingerprint density at radius 1 is 1.50 bits per heavy atom. The summed E-state index contributed by atoms with van der Waals surface area (Å²) >= 11 is 0. The molecule has 3 heteroatoms. The zero-order valence-electron chi connectivity index (χ0n) is 8.78. The van der Waals surface area contributed by atoms with Gasteiger partial charge in [0.15, 0.2) is 0 Å². The Hall–Kier alpha value is -0.570. The molecule has 1 heterocycles. The molecule has 1 atom stereocenters. The average molecular weight is 197 g/mol. The molecule has 80 valence electrons. The molecule has 0 aromatic carbocycles. The summed E-state index contributed by atoms with van der Waals surface area (Å²) in [6.45, 7) is 4.28. The molecule has 1 saturated heterocycles. The van der Waals surface area contributed by atoms with Crippen molar-refractivity contribution in [2.24, 2.45) is 11.8 Å². The lowest BCUT2D eigenvalue weighted by molar-refractivity contribution is -0.142. The van der Waals surface area contributed by atoms with Gasteiger partial charge < -0.3 is 5.11 Å². The SMILES string of the molecule is CC1CC(CN2CCCC2C(=O)O)C1. The Kier molecular flexibility index (Phi) is 2.77. The summed E-state index contributed by atoms with van der Waals surface area (Å²) in [5.74, 6) is 1.01. The van der Waals surface area contributed by atoms with Crippen LogP contribution in [0.5, 0.6) is 0 Å². The van der Waals surface area contributed by atoms with Crippen molar-refractivity contribution in [3.8, 4) is 0 Å². The third-order valence-corrected chi connectivity index (χ3v) is 3.61. The molecule has 0 aromatic heterocycles.